The summed E-state index contributed by atoms with van der Waals surface area (Å²) in [5.41, 5.74) is 0.977. The zero-order valence-corrected chi connectivity index (χ0v) is 10.1. The maximum Gasteiger partial charge on any atom is 0.118 e. The summed E-state index contributed by atoms with van der Waals surface area (Å²) in [6.45, 7) is 0. The zero-order chi connectivity index (χ0) is 12.4. The predicted octanol–water partition coefficient (Wildman–Crippen LogP) is 1.05. The molecule has 0 aliphatic rings. The maximum atomic E-state index is 8.95. The molecule has 0 aliphatic carbocycles. The average Bonchev–Trinajstić information content (AvgIpc) is 2.85. The molecule has 2 aromatic rings. The van der Waals surface area contributed by atoms with Gasteiger partial charge in [0.25, 0.3) is 0 Å². The van der Waals surface area contributed by atoms with Gasteiger partial charge in [0, 0.05) is 14.1 Å². The van der Waals surface area contributed by atoms with Crippen molar-refractivity contribution in [3.63, 3.8) is 0 Å². The van der Waals surface area contributed by atoms with E-state index >= 15 is 0 Å². The molecule has 0 unspecified atom stereocenters. The van der Waals surface area contributed by atoms with E-state index in [1.54, 1.807) is 23.5 Å². The Labute approximate surface area is 102 Å². The third-order valence-corrected chi connectivity index (χ3v) is 3.56. The monoisotopic (exact) mass is 244 g/mol. The molecule has 6 nitrogen and oxygen atoms in total. The van der Waals surface area contributed by atoms with Gasteiger partial charge in [0.05, 0.1) is 12.4 Å². The Balaban J connectivity index is 2.45. The van der Waals surface area contributed by atoms with Crippen molar-refractivity contribution in [2.24, 2.45) is 14.1 Å². The van der Waals surface area contributed by atoms with Gasteiger partial charge in [-0.3, -0.25) is 9.36 Å². The number of aromatic nitrogens is 4. The normalized spacial score (nSPS) is 9.88. The largest absolute Gasteiger partial charge is 0.260 e. The fourth-order valence-electron chi connectivity index (χ4n) is 1.34. The zero-order valence-electron chi connectivity index (χ0n) is 9.25. The van der Waals surface area contributed by atoms with Gasteiger partial charge in [0.1, 0.15) is 33.3 Å². The van der Waals surface area contributed by atoms with Crippen molar-refractivity contribution in [2.45, 2.75) is 10.1 Å². The number of hydrogen-bond acceptors (Lipinski definition) is 5. The van der Waals surface area contributed by atoms with Crippen molar-refractivity contribution in [1.29, 1.82) is 10.5 Å². The Morgan fingerprint density at radius 1 is 1.00 bits per heavy atom. The van der Waals surface area contributed by atoms with Gasteiger partial charge in [0.15, 0.2) is 0 Å². The second-order valence-electron chi connectivity index (χ2n) is 3.30. The summed E-state index contributed by atoms with van der Waals surface area (Å²) < 4.78 is 3.22. The molecule has 7 heteroatoms. The molecule has 84 valence electrons. The minimum atomic E-state index is 0.489. The lowest BCUT2D eigenvalue weighted by molar-refractivity contribution is 0.681. The lowest BCUT2D eigenvalue weighted by atomic mass is 10.4. The smallest absolute Gasteiger partial charge is 0.118 e. The molecule has 0 atom stereocenters. The van der Waals surface area contributed by atoms with Gasteiger partial charge in [-0.15, -0.1) is 0 Å². The molecule has 0 aromatic carbocycles. The minimum Gasteiger partial charge on any atom is -0.260 e. The van der Waals surface area contributed by atoms with E-state index in [9.17, 15) is 0 Å². The molecule has 2 heterocycles. The second-order valence-corrected chi connectivity index (χ2v) is 4.28. The third-order valence-electron chi connectivity index (χ3n) is 2.20. The van der Waals surface area contributed by atoms with Gasteiger partial charge in [-0.1, -0.05) is 0 Å². The molecule has 0 amide bonds. The van der Waals surface area contributed by atoms with Crippen LogP contribution >= 0.6 is 11.8 Å². The van der Waals surface area contributed by atoms with Crippen LogP contribution in [-0.4, -0.2) is 19.6 Å². The van der Waals surface area contributed by atoms with E-state index in [-0.39, 0.29) is 0 Å². The Bertz CT molecular complexity index is 583. The summed E-state index contributed by atoms with van der Waals surface area (Å²) in [6.07, 6.45) is 3.01. The molecule has 2 rings (SSSR count). The third kappa shape index (κ3) is 1.88. The van der Waals surface area contributed by atoms with Gasteiger partial charge >= 0.3 is 0 Å². The van der Waals surface area contributed by atoms with Crippen molar-refractivity contribution in [1.82, 2.24) is 19.6 Å². The first-order valence-corrected chi connectivity index (χ1v) is 5.51. The average molecular weight is 244 g/mol. The van der Waals surface area contributed by atoms with Crippen LogP contribution in [0.4, 0.5) is 0 Å². The van der Waals surface area contributed by atoms with Gasteiger partial charge in [-0.2, -0.15) is 20.7 Å². The number of hydrogen-bond donors (Lipinski definition) is 0. The molecule has 17 heavy (non-hydrogen) atoms. The van der Waals surface area contributed by atoms with E-state index in [2.05, 4.69) is 22.3 Å². The van der Waals surface area contributed by atoms with Crippen LogP contribution in [0.15, 0.2) is 22.4 Å². The standard InChI is InChI=1S/C10H8N6S/c1-15-9(7(3-11)5-13-15)17-10-8(4-12)6-14-16(10)2/h5-6H,1-2H3. The Kier molecular flexibility index (Phi) is 2.86. The van der Waals surface area contributed by atoms with Gasteiger partial charge in [0.2, 0.25) is 0 Å². The van der Waals surface area contributed by atoms with Crippen LogP contribution in [0.1, 0.15) is 11.1 Å². The Morgan fingerprint density at radius 3 is 1.76 bits per heavy atom. The Hall–Kier alpha value is -2.25. The molecule has 0 aliphatic heterocycles. The SMILES string of the molecule is Cn1ncc(C#N)c1Sc1c(C#N)cnn1C. The number of nitrogens with zero attached hydrogens (tertiary/aromatic N) is 6. The first kappa shape index (κ1) is 11.2. The summed E-state index contributed by atoms with van der Waals surface area (Å²) in [7, 11) is 3.51. The van der Waals surface area contributed by atoms with E-state index in [1.807, 2.05) is 0 Å². The van der Waals surface area contributed by atoms with E-state index in [0.717, 1.165) is 0 Å². The highest BCUT2D eigenvalue weighted by atomic mass is 32.2. The molecular formula is C10H8N6S. The quantitative estimate of drug-likeness (QED) is 0.788. The van der Waals surface area contributed by atoms with E-state index in [4.69, 9.17) is 10.5 Å². The summed E-state index contributed by atoms with van der Waals surface area (Å²) in [5.74, 6) is 0. The van der Waals surface area contributed by atoms with Crippen LogP contribution < -0.4 is 0 Å². The number of aryl methyl sites for hydroxylation is 2. The van der Waals surface area contributed by atoms with Gasteiger partial charge in [-0.25, -0.2) is 0 Å². The van der Waals surface area contributed by atoms with Crippen molar-refractivity contribution in [3.05, 3.63) is 23.5 Å². The predicted molar refractivity (Wildman–Crippen MR) is 60.0 cm³/mol. The highest BCUT2D eigenvalue weighted by Crippen LogP contribution is 2.31. The molecule has 0 radical (unpaired) electrons. The van der Waals surface area contributed by atoms with E-state index in [1.165, 1.54) is 24.2 Å². The molecule has 0 bridgehead atoms. The lowest BCUT2D eigenvalue weighted by Crippen LogP contribution is -1.97. The van der Waals surface area contributed by atoms with Crippen LogP contribution in [0.3, 0.4) is 0 Å². The first-order valence-electron chi connectivity index (χ1n) is 4.69. The van der Waals surface area contributed by atoms with Crippen LogP contribution in [0.2, 0.25) is 0 Å². The summed E-state index contributed by atoms with van der Waals surface area (Å²) in [5, 5.41) is 27.3. The van der Waals surface area contributed by atoms with Gasteiger partial charge < -0.3 is 0 Å². The minimum absolute atomic E-state index is 0.489. The highest BCUT2D eigenvalue weighted by Gasteiger charge is 2.15. The van der Waals surface area contributed by atoms with Gasteiger partial charge in [-0.05, 0) is 11.8 Å². The number of rotatable bonds is 2. The maximum absolute atomic E-state index is 8.95. The number of nitriles is 2. The topological polar surface area (TPSA) is 83.2 Å². The van der Waals surface area contributed by atoms with Crippen molar-refractivity contribution >= 4 is 11.8 Å². The molecular weight excluding hydrogens is 236 g/mol. The summed E-state index contributed by atoms with van der Waals surface area (Å²) in [6, 6.07) is 4.14. The van der Waals surface area contributed by atoms with E-state index < -0.39 is 0 Å². The van der Waals surface area contributed by atoms with Crippen molar-refractivity contribution < 1.29 is 0 Å². The summed E-state index contributed by atoms with van der Waals surface area (Å²) in [4.78, 5) is 0. The first-order chi connectivity index (χ1) is 8.17. The molecule has 0 spiro atoms. The Morgan fingerprint density at radius 2 is 1.41 bits per heavy atom. The highest BCUT2D eigenvalue weighted by molar-refractivity contribution is 7.99. The molecule has 2 aromatic heterocycles. The molecule has 0 saturated heterocycles. The molecule has 0 fully saturated rings. The van der Waals surface area contributed by atoms with E-state index in [0.29, 0.717) is 21.2 Å². The second kappa shape index (κ2) is 4.32. The summed E-state index contributed by atoms with van der Waals surface area (Å²) >= 11 is 1.31. The molecule has 0 N–H and O–H groups in total. The molecule has 0 saturated carbocycles. The lowest BCUT2D eigenvalue weighted by Gasteiger charge is -2.03. The van der Waals surface area contributed by atoms with Crippen LogP contribution in [0.25, 0.3) is 0 Å². The van der Waals surface area contributed by atoms with Crippen molar-refractivity contribution in [3.8, 4) is 12.1 Å². The van der Waals surface area contributed by atoms with Crippen LogP contribution in [-0.2, 0) is 14.1 Å². The fraction of sp³-hybridized carbons (Fsp3) is 0.200. The van der Waals surface area contributed by atoms with Crippen LogP contribution in [0.5, 0.6) is 0 Å². The fourth-order valence-corrected chi connectivity index (χ4v) is 2.30. The van der Waals surface area contributed by atoms with Crippen LogP contribution in [0, 0.1) is 22.7 Å². The van der Waals surface area contributed by atoms with Crippen molar-refractivity contribution in [2.75, 3.05) is 0 Å².